The van der Waals surface area contributed by atoms with Gasteiger partial charge in [-0.15, -0.1) is 0 Å². The fourth-order valence-corrected chi connectivity index (χ4v) is 1.11. The number of carbonyl (C=O) groups is 1. The molecule has 100 valence electrons. The van der Waals surface area contributed by atoms with Gasteiger partial charge in [0.05, 0.1) is 12.2 Å². The molecule has 1 aromatic rings. The van der Waals surface area contributed by atoms with Crippen molar-refractivity contribution in [2.75, 3.05) is 0 Å². The first-order valence-electron chi connectivity index (χ1n) is 4.92. The zero-order valence-corrected chi connectivity index (χ0v) is 9.29. The van der Waals surface area contributed by atoms with Crippen molar-refractivity contribution in [3.63, 3.8) is 0 Å². The van der Waals surface area contributed by atoms with E-state index in [0.29, 0.717) is 0 Å². The van der Waals surface area contributed by atoms with Gasteiger partial charge in [0.15, 0.2) is 6.10 Å². The Morgan fingerprint density at radius 1 is 1.44 bits per heavy atom. The molecule has 0 amide bonds. The predicted molar refractivity (Wildman–Crippen MR) is 53.7 cm³/mol. The molecule has 0 heterocycles. The SMILES string of the molecule is CC(OCc1ccc(C(=O)O)cc1F)C(F)(F)F. The maximum absolute atomic E-state index is 13.3. The Labute approximate surface area is 100.0 Å². The number of ether oxygens (including phenoxy) is 1. The van der Waals surface area contributed by atoms with Crippen LogP contribution in [0.15, 0.2) is 18.2 Å². The maximum atomic E-state index is 13.3. The van der Waals surface area contributed by atoms with Crippen molar-refractivity contribution in [2.45, 2.75) is 25.8 Å². The van der Waals surface area contributed by atoms with E-state index in [1.54, 1.807) is 0 Å². The number of alkyl halides is 3. The second kappa shape index (κ2) is 5.34. The normalized spacial score (nSPS) is 13.4. The Hall–Kier alpha value is -1.63. The van der Waals surface area contributed by atoms with E-state index in [1.807, 2.05) is 0 Å². The van der Waals surface area contributed by atoms with Crippen LogP contribution in [0, 0.1) is 5.82 Å². The average Bonchev–Trinajstić information content (AvgIpc) is 2.25. The number of benzene rings is 1. The highest BCUT2D eigenvalue weighted by molar-refractivity contribution is 5.87. The van der Waals surface area contributed by atoms with E-state index in [4.69, 9.17) is 5.11 Å². The smallest absolute Gasteiger partial charge is 0.414 e. The summed E-state index contributed by atoms with van der Waals surface area (Å²) in [7, 11) is 0. The molecule has 7 heteroatoms. The van der Waals surface area contributed by atoms with E-state index in [1.165, 1.54) is 0 Å². The second-order valence-electron chi connectivity index (χ2n) is 3.61. The molecule has 0 fully saturated rings. The predicted octanol–water partition coefficient (Wildman–Crippen LogP) is 2.99. The molecule has 0 aliphatic heterocycles. The van der Waals surface area contributed by atoms with Crippen LogP contribution in [0.2, 0.25) is 0 Å². The van der Waals surface area contributed by atoms with Gasteiger partial charge in [0.2, 0.25) is 0 Å². The first-order valence-corrected chi connectivity index (χ1v) is 4.92. The van der Waals surface area contributed by atoms with Crippen LogP contribution in [0.4, 0.5) is 17.6 Å². The molecule has 3 nitrogen and oxygen atoms in total. The minimum Gasteiger partial charge on any atom is -0.478 e. The average molecular weight is 266 g/mol. The molecule has 0 saturated heterocycles. The lowest BCUT2D eigenvalue weighted by molar-refractivity contribution is -0.217. The summed E-state index contributed by atoms with van der Waals surface area (Å²) >= 11 is 0. The molecule has 0 aromatic heterocycles. The van der Waals surface area contributed by atoms with Gasteiger partial charge >= 0.3 is 12.1 Å². The van der Waals surface area contributed by atoms with Gasteiger partial charge in [-0.25, -0.2) is 9.18 Å². The lowest BCUT2D eigenvalue weighted by Crippen LogP contribution is -2.28. The Morgan fingerprint density at radius 3 is 2.50 bits per heavy atom. The summed E-state index contributed by atoms with van der Waals surface area (Å²) in [6.45, 7) is 0.232. The Bertz CT molecular complexity index is 442. The third-order valence-electron chi connectivity index (χ3n) is 2.25. The van der Waals surface area contributed by atoms with E-state index in [0.717, 1.165) is 25.1 Å². The molecular formula is C11H10F4O3. The molecule has 0 saturated carbocycles. The molecule has 0 aliphatic carbocycles. The zero-order chi connectivity index (χ0) is 13.9. The molecule has 18 heavy (non-hydrogen) atoms. The molecule has 0 radical (unpaired) electrons. The molecule has 0 bridgehead atoms. The largest absolute Gasteiger partial charge is 0.478 e. The van der Waals surface area contributed by atoms with E-state index >= 15 is 0 Å². The highest BCUT2D eigenvalue weighted by atomic mass is 19.4. The van der Waals surface area contributed by atoms with Gasteiger partial charge in [-0.05, 0) is 19.1 Å². The Morgan fingerprint density at radius 2 is 2.06 bits per heavy atom. The summed E-state index contributed by atoms with van der Waals surface area (Å²) in [5.41, 5.74) is -0.406. The van der Waals surface area contributed by atoms with Crippen LogP contribution in [-0.2, 0) is 11.3 Å². The van der Waals surface area contributed by atoms with Gasteiger partial charge in [0, 0.05) is 5.56 Å². The number of rotatable bonds is 4. The minimum absolute atomic E-state index is 0.129. The van der Waals surface area contributed by atoms with Crippen LogP contribution in [0.1, 0.15) is 22.8 Å². The third-order valence-corrected chi connectivity index (χ3v) is 2.25. The monoisotopic (exact) mass is 266 g/mol. The van der Waals surface area contributed by atoms with E-state index in [2.05, 4.69) is 4.74 Å². The first kappa shape index (κ1) is 14.4. The first-order chi connectivity index (χ1) is 8.21. The highest BCUT2D eigenvalue weighted by Gasteiger charge is 2.36. The summed E-state index contributed by atoms with van der Waals surface area (Å²) in [5.74, 6) is -2.23. The van der Waals surface area contributed by atoms with Crippen molar-refractivity contribution in [3.05, 3.63) is 35.1 Å². The van der Waals surface area contributed by atoms with Gasteiger partial charge in [0.1, 0.15) is 5.82 Å². The van der Waals surface area contributed by atoms with Crippen molar-refractivity contribution < 1.29 is 32.2 Å². The van der Waals surface area contributed by atoms with E-state index in [-0.39, 0.29) is 11.1 Å². The van der Waals surface area contributed by atoms with E-state index < -0.39 is 30.7 Å². The molecule has 1 unspecified atom stereocenters. The summed E-state index contributed by atoms with van der Waals surface area (Å²) < 4.78 is 54.2. The van der Waals surface area contributed by atoms with Crippen LogP contribution in [0.5, 0.6) is 0 Å². The molecule has 1 atom stereocenters. The van der Waals surface area contributed by atoms with Crippen LogP contribution in [0.3, 0.4) is 0 Å². The number of halogens is 4. The summed E-state index contributed by atoms with van der Waals surface area (Å²) in [6, 6.07) is 2.92. The van der Waals surface area contributed by atoms with Crippen LogP contribution in [-0.4, -0.2) is 23.4 Å². The standard InChI is InChI=1S/C11H10F4O3/c1-6(11(13,14)15)18-5-8-3-2-7(10(16)17)4-9(8)12/h2-4,6H,5H2,1H3,(H,16,17). The van der Waals surface area contributed by atoms with Gasteiger partial charge in [-0.3, -0.25) is 0 Å². The summed E-state index contributed by atoms with van der Waals surface area (Å²) in [4.78, 5) is 10.5. The lowest BCUT2D eigenvalue weighted by atomic mass is 10.1. The molecule has 1 N–H and O–H groups in total. The molecule has 1 rings (SSSR count). The summed E-state index contributed by atoms with van der Waals surface area (Å²) in [5, 5.41) is 8.58. The van der Waals surface area contributed by atoms with Gasteiger partial charge in [-0.2, -0.15) is 13.2 Å². The quantitative estimate of drug-likeness (QED) is 0.852. The molecule has 0 spiro atoms. The molecular weight excluding hydrogens is 256 g/mol. The Kier molecular flexibility index (Phi) is 4.28. The zero-order valence-electron chi connectivity index (χ0n) is 9.29. The number of hydrogen-bond acceptors (Lipinski definition) is 2. The lowest BCUT2D eigenvalue weighted by Gasteiger charge is -2.16. The van der Waals surface area contributed by atoms with Crippen LogP contribution >= 0.6 is 0 Å². The molecule has 1 aromatic carbocycles. The van der Waals surface area contributed by atoms with Crippen molar-refractivity contribution in [3.8, 4) is 0 Å². The number of hydrogen-bond donors (Lipinski definition) is 1. The number of carboxylic acids is 1. The second-order valence-corrected chi connectivity index (χ2v) is 3.61. The fourth-order valence-electron chi connectivity index (χ4n) is 1.11. The van der Waals surface area contributed by atoms with Gasteiger partial charge in [0.25, 0.3) is 0 Å². The van der Waals surface area contributed by atoms with Crippen molar-refractivity contribution in [1.82, 2.24) is 0 Å². The number of aromatic carboxylic acids is 1. The fraction of sp³-hybridized carbons (Fsp3) is 0.364. The number of carboxylic acid groups (broad SMARTS) is 1. The third kappa shape index (κ3) is 3.69. The molecule has 0 aliphatic rings. The van der Waals surface area contributed by atoms with Crippen molar-refractivity contribution in [2.24, 2.45) is 0 Å². The highest BCUT2D eigenvalue weighted by Crippen LogP contribution is 2.23. The van der Waals surface area contributed by atoms with Gasteiger partial charge < -0.3 is 9.84 Å². The van der Waals surface area contributed by atoms with Crippen LogP contribution in [0.25, 0.3) is 0 Å². The summed E-state index contributed by atoms with van der Waals surface area (Å²) in [6.07, 6.45) is -6.53. The topological polar surface area (TPSA) is 46.5 Å². The minimum atomic E-state index is -4.52. The van der Waals surface area contributed by atoms with Crippen molar-refractivity contribution >= 4 is 5.97 Å². The van der Waals surface area contributed by atoms with Crippen molar-refractivity contribution in [1.29, 1.82) is 0 Å². The maximum Gasteiger partial charge on any atom is 0.414 e. The van der Waals surface area contributed by atoms with E-state index in [9.17, 15) is 22.4 Å². The van der Waals surface area contributed by atoms with Crippen LogP contribution < -0.4 is 0 Å². The van der Waals surface area contributed by atoms with Gasteiger partial charge in [-0.1, -0.05) is 6.07 Å². The Balaban J connectivity index is 2.72.